The minimum Gasteiger partial charge on any atom is -0.367 e. The van der Waals surface area contributed by atoms with Gasteiger partial charge in [0.25, 0.3) is 0 Å². The molecule has 1 amide bonds. The third kappa shape index (κ3) is 3.27. The van der Waals surface area contributed by atoms with E-state index in [-0.39, 0.29) is 18.6 Å². The first-order valence-corrected chi connectivity index (χ1v) is 5.37. The van der Waals surface area contributed by atoms with Crippen LogP contribution in [-0.2, 0) is 9.53 Å². The van der Waals surface area contributed by atoms with Gasteiger partial charge in [-0.25, -0.2) is 0 Å². The van der Waals surface area contributed by atoms with Crippen LogP contribution in [0.3, 0.4) is 0 Å². The molecule has 0 bridgehead atoms. The number of morpholine rings is 1. The summed E-state index contributed by atoms with van der Waals surface area (Å²) < 4.78 is 5.42. The zero-order chi connectivity index (χ0) is 10.4. The first-order chi connectivity index (χ1) is 6.77. The van der Waals surface area contributed by atoms with Gasteiger partial charge in [-0.05, 0) is 25.8 Å². The van der Waals surface area contributed by atoms with Gasteiger partial charge in [0.2, 0.25) is 5.91 Å². The van der Waals surface area contributed by atoms with Gasteiger partial charge in [-0.2, -0.15) is 0 Å². The zero-order valence-electron chi connectivity index (χ0n) is 8.87. The molecule has 0 saturated carbocycles. The number of hydrogen-bond donors (Lipinski definition) is 1. The van der Waals surface area contributed by atoms with E-state index in [1.807, 2.05) is 4.90 Å². The summed E-state index contributed by atoms with van der Waals surface area (Å²) >= 11 is 0. The fourth-order valence-electron chi connectivity index (χ4n) is 1.69. The van der Waals surface area contributed by atoms with E-state index in [9.17, 15) is 4.79 Å². The minimum atomic E-state index is 0.121. The highest BCUT2D eigenvalue weighted by atomic mass is 16.5. The molecule has 0 aromatic carbocycles. The van der Waals surface area contributed by atoms with Crippen molar-refractivity contribution in [2.24, 2.45) is 5.73 Å². The summed E-state index contributed by atoms with van der Waals surface area (Å²) in [6.07, 6.45) is 3.14. The van der Waals surface area contributed by atoms with Crippen molar-refractivity contribution in [1.82, 2.24) is 4.90 Å². The smallest absolute Gasteiger partial charge is 0.248 e. The van der Waals surface area contributed by atoms with Crippen LogP contribution in [0.4, 0.5) is 0 Å². The molecule has 0 aromatic heterocycles. The Hall–Kier alpha value is -0.610. The molecular weight excluding hydrogens is 180 g/mol. The maximum Gasteiger partial charge on any atom is 0.248 e. The van der Waals surface area contributed by atoms with Crippen LogP contribution in [0.5, 0.6) is 0 Å². The largest absolute Gasteiger partial charge is 0.367 e. The average molecular weight is 200 g/mol. The van der Waals surface area contributed by atoms with Crippen LogP contribution in [0, 0.1) is 0 Å². The third-order valence-electron chi connectivity index (χ3n) is 2.44. The third-order valence-corrected chi connectivity index (χ3v) is 2.44. The van der Waals surface area contributed by atoms with E-state index >= 15 is 0 Å². The van der Waals surface area contributed by atoms with Gasteiger partial charge in [-0.3, -0.25) is 4.79 Å². The van der Waals surface area contributed by atoms with E-state index in [1.54, 1.807) is 0 Å². The van der Waals surface area contributed by atoms with E-state index in [1.165, 1.54) is 0 Å². The van der Waals surface area contributed by atoms with Gasteiger partial charge in [0.1, 0.15) is 6.61 Å². The van der Waals surface area contributed by atoms with Gasteiger partial charge in [-0.1, -0.05) is 6.92 Å². The van der Waals surface area contributed by atoms with Crippen molar-refractivity contribution >= 4 is 5.91 Å². The standard InChI is InChI=1S/C10H20N2O2/c1-2-6-12-7-9(4-3-5-11)14-8-10(12)13/h9H,2-8,11H2,1H3. The van der Waals surface area contributed by atoms with Crippen molar-refractivity contribution in [2.45, 2.75) is 32.3 Å². The Morgan fingerprint density at radius 1 is 1.64 bits per heavy atom. The van der Waals surface area contributed by atoms with E-state index in [0.717, 1.165) is 32.4 Å². The number of nitrogens with zero attached hydrogens (tertiary/aromatic N) is 1. The number of amides is 1. The zero-order valence-corrected chi connectivity index (χ0v) is 8.87. The first kappa shape index (κ1) is 11.5. The fourth-order valence-corrected chi connectivity index (χ4v) is 1.69. The van der Waals surface area contributed by atoms with E-state index in [0.29, 0.717) is 6.54 Å². The molecule has 4 heteroatoms. The molecule has 1 unspecified atom stereocenters. The normalized spacial score (nSPS) is 22.9. The molecule has 0 aromatic rings. The van der Waals surface area contributed by atoms with Crippen molar-refractivity contribution in [2.75, 3.05) is 26.2 Å². The molecule has 0 radical (unpaired) electrons. The monoisotopic (exact) mass is 200 g/mol. The summed E-state index contributed by atoms with van der Waals surface area (Å²) in [6.45, 7) is 4.61. The van der Waals surface area contributed by atoms with Crippen LogP contribution in [0.25, 0.3) is 0 Å². The second-order valence-corrected chi connectivity index (χ2v) is 3.70. The fraction of sp³-hybridized carbons (Fsp3) is 0.900. The number of carbonyl (C=O) groups is 1. The van der Waals surface area contributed by atoms with Gasteiger partial charge in [0, 0.05) is 13.1 Å². The van der Waals surface area contributed by atoms with Crippen LogP contribution < -0.4 is 5.73 Å². The van der Waals surface area contributed by atoms with Gasteiger partial charge >= 0.3 is 0 Å². The molecule has 1 saturated heterocycles. The van der Waals surface area contributed by atoms with Crippen LogP contribution in [0.15, 0.2) is 0 Å². The van der Waals surface area contributed by atoms with Crippen molar-refractivity contribution in [3.05, 3.63) is 0 Å². The number of ether oxygens (including phenoxy) is 1. The highest BCUT2D eigenvalue weighted by molar-refractivity contribution is 5.78. The minimum absolute atomic E-state index is 0.121. The average Bonchev–Trinajstić information content (AvgIpc) is 2.19. The molecule has 4 nitrogen and oxygen atoms in total. The molecular formula is C10H20N2O2. The SMILES string of the molecule is CCCN1CC(CCCN)OCC1=O. The summed E-state index contributed by atoms with van der Waals surface area (Å²) in [5.74, 6) is 0.121. The van der Waals surface area contributed by atoms with Crippen molar-refractivity contribution in [3.63, 3.8) is 0 Å². The molecule has 1 heterocycles. The molecule has 1 fully saturated rings. The summed E-state index contributed by atoms with van der Waals surface area (Å²) in [4.78, 5) is 13.3. The molecule has 2 N–H and O–H groups in total. The molecule has 14 heavy (non-hydrogen) atoms. The Balaban J connectivity index is 2.32. The summed E-state index contributed by atoms with van der Waals surface area (Å²) in [7, 11) is 0. The van der Waals surface area contributed by atoms with Crippen LogP contribution in [0.2, 0.25) is 0 Å². The van der Waals surface area contributed by atoms with Gasteiger partial charge in [0.15, 0.2) is 0 Å². The number of carbonyl (C=O) groups excluding carboxylic acids is 1. The first-order valence-electron chi connectivity index (χ1n) is 5.37. The Bertz CT molecular complexity index is 185. The number of rotatable bonds is 5. The lowest BCUT2D eigenvalue weighted by Gasteiger charge is -2.32. The second-order valence-electron chi connectivity index (χ2n) is 3.70. The molecule has 0 aliphatic carbocycles. The highest BCUT2D eigenvalue weighted by Crippen LogP contribution is 2.11. The van der Waals surface area contributed by atoms with Crippen molar-refractivity contribution < 1.29 is 9.53 Å². The lowest BCUT2D eigenvalue weighted by atomic mass is 10.1. The predicted molar refractivity (Wildman–Crippen MR) is 54.9 cm³/mol. The van der Waals surface area contributed by atoms with Crippen LogP contribution in [0.1, 0.15) is 26.2 Å². The Morgan fingerprint density at radius 3 is 3.07 bits per heavy atom. The molecule has 1 aliphatic rings. The predicted octanol–water partition coefficient (Wildman–Crippen LogP) is 0.363. The Kier molecular flexibility index (Phi) is 4.90. The Labute approximate surface area is 85.4 Å². The lowest BCUT2D eigenvalue weighted by Crippen LogP contribution is -2.46. The maximum atomic E-state index is 11.4. The Morgan fingerprint density at radius 2 is 2.43 bits per heavy atom. The summed E-state index contributed by atoms with van der Waals surface area (Å²) in [5, 5.41) is 0. The highest BCUT2D eigenvalue weighted by Gasteiger charge is 2.24. The van der Waals surface area contributed by atoms with Crippen LogP contribution >= 0.6 is 0 Å². The number of hydrogen-bond acceptors (Lipinski definition) is 3. The van der Waals surface area contributed by atoms with Crippen molar-refractivity contribution in [1.29, 1.82) is 0 Å². The van der Waals surface area contributed by atoms with Gasteiger partial charge < -0.3 is 15.4 Å². The van der Waals surface area contributed by atoms with Crippen LogP contribution in [-0.4, -0.2) is 43.2 Å². The van der Waals surface area contributed by atoms with Crippen molar-refractivity contribution in [3.8, 4) is 0 Å². The maximum absolute atomic E-state index is 11.4. The quantitative estimate of drug-likeness (QED) is 0.697. The van der Waals surface area contributed by atoms with Gasteiger partial charge in [0.05, 0.1) is 6.10 Å². The molecule has 1 aliphatic heterocycles. The molecule has 0 spiro atoms. The van der Waals surface area contributed by atoms with Gasteiger partial charge in [-0.15, -0.1) is 0 Å². The molecule has 1 atom stereocenters. The molecule has 82 valence electrons. The number of nitrogens with two attached hydrogens (primary N) is 1. The lowest BCUT2D eigenvalue weighted by molar-refractivity contribution is -0.149. The topological polar surface area (TPSA) is 55.6 Å². The second kappa shape index (κ2) is 5.98. The van der Waals surface area contributed by atoms with E-state index in [4.69, 9.17) is 10.5 Å². The molecule has 1 rings (SSSR count). The summed E-state index contributed by atoms with van der Waals surface area (Å²) in [5.41, 5.74) is 5.43. The van der Waals surface area contributed by atoms with E-state index in [2.05, 4.69) is 6.92 Å². The summed E-state index contributed by atoms with van der Waals surface area (Å²) in [6, 6.07) is 0. The van der Waals surface area contributed by atoms with E-state index < -0.39 is 0 Å².